The number of likely N-dealkylation sites (tertiary alicyclic amines) is 1. The fraction of sp³-hybridized carbons (Fsp3) is 0.300. The molecule has 0 saturated carbocycles. The molecule has 4 aromatic rings. The van der Waals surface area contributed by atoms with Crippen LogP contribution in [0.25, 0.3) is 11.3 Å². The number of nitrogens with zero attached hydrogens (tertiary/aromatic N) is 3. The number of amides is 3. The van der Waals surface area contributed by atoms with Crippen molar-refractivity contribution in [1.29, 1.82) is 0 Å². The highest BCUT2D eigenvalue weighted by Gasteiger charge is 2.34. The molecule has 0 bridgehead atoms. The summed E-state index contributed by atoms with van der Waals surface area (Å²) in [6.07, 6.45) is 2.90. The molecule has 0 aliphatic carbocycles. The van der Waals surface area contributed by atoms with E-state index in [4.69, 9.17) is 4.52 Å². The quantitative estimate of drug-likeness (QED) is 0.281. The fourth-order valence-electron chi connectivity index (χ4n) is 5.05. The lowest BCUT2D eigenvalue weighted by molar-refractivity contribution is -0.135. The Hall–Kier alpha value is -4.80. The summed E-state index contributed by atoms with van der Waals surface area (Å²) >= 11 is 0. The monoisotopic (exact) mass is 558 g/mol. The topological polar surface area (TPSA) is 133 Å². The molecule has 1 fully saturated rings. The summed E-state index contributed by atoms with van der Waals surface area (Å²) < 4.78 is 19.2. The van der Waals surface area contributed by atoms with Crippen molar-refractivity contribution in [3.63, 3.8) is 0 Å². The predicted molar refractivity (Wildman–Crippen MR) is 148 cm³/mol. The van der Waals surface area contributed by atoms with Gasteiger partial charge in [0.25, 0.3) is 5.91 Å². The van der Waals surface area contributed by atoms with Crippen LogP contribution in [0.1, 0.15) is 65.9 Å². The van der Waals surface area contributed by atoms with Gasteiger partial charge >= 0.3 is 0 Å². The van der Waals surface area contributed by atoms with Crippen LogP contribution >= 0.6 is 0 Å². The van der Waals surface area contributed by atoms with Gasteiger partial charge in [-0.05, 0) is 44.4 Å². The molecule has 10 nitrogen and oxygen atoms in total. The summed E-state index contributed by atoms with van der Waals surface area (Å²) in [5.74, 6) is -1.03. The van der Waals surface area contributed by atoms with Crippen LogP contribution in [0.3, 0.4) is 0 Å². The molecule has 0 spiro atoms. The zero-order valence-corrected chi connectivity index (χ0v) is 22.8. The number of aromatic amines is 1. The van der Waals surface area contributed by atoms with E-state index in [0.717, 1.165) is 18.4 Å². The minimum absolute atomic E-state index is 0.00435. The van der Waals surface area contributed by atoms with E-state index in [0.29, 0.717) is 29.4 Å². The summed E-state index contributed by atoms with van der Waals surface area (Å²) in [5.41, 5.74) is 1.84. The second-order valence-corrected chi connectivity index (χ2v) is 10.1. The molecule has 3 atom stereocenters. The first-order valence-electron chi connectivity index (χ1n) is 13.5. The molecular formula is C30H31FN6O4. The molecule has 2 aromatic carbocycles. The van der Waals surface area contributed by atoms with Crippen LogP contribution in [0.2, 0.25) is 0 Å². The van der Waals surface area contributed by atoms with Crippen molar-refractivity contribution in [1.82, 2.24) is 30.7 Å². The Morgan fingerprint density at radius 3 is 2.61 bits per heavy atom. The van der Waals surface area contributed by atoms with Gasteiger partial charge in [0.05, 0.1) is 30.4 Å². The number of carbonyl (C=O) groups excluding carboxylic acids is 3. The molecule has 1 aliphatic rings. The maximum Gasteiger partial charge on any atom is 0.274 e. The third-order valence-corrected chi connectivity index (χ3v) is 7.15. The maximum atomic E-state index is 14.2. The Morgan fingerprint density at radius 1 is 1.12 bits per heavy atom. The molecule has 5 rings (SSSR count). The van der Waals surface area contributed by atoms with Gasteiger partial charge in [-0.25, -0.2) is 9.37 Å². The van der Waals surface area contributed by atoms with E-state index in [1.165, 1.54) is 18.3 Å². The van der Waals surface area contributed by atoms with Crippen molar-refractivity contribution in [2.75, 3.05) is 6.54 Å². The highest BCUT2D eigenvalue weighted by atomic mass is 19.1. The van der Waals surface area contributed by atoms with Crippen molar-refractivity contribution in [2.24, 2.45) is 0 Å². The Balaban J connectivity index is 1.32. The van der Waals surface area contributed by atoms with Crippen molar-refractivity contribution in [2.45, 2.75) is 51.2 Å². The average Bonchev–Trinajstić information content (AvgIpc) is 3.74. The van der Waals surface area contributed by atoms with Gasteiger partial charge in [0, 0.05) is 18.2 Å². The van der Waals surface area contributed by atoms with Gasteiger partial charge in [-0.3, -0.25) is 14.4 Å². The second kappa shape index (κ2) is 12.2. The van der Waals surface area contributed by atoms with Gasteiger partial charge in [0.2, 0.25) is 11.8 Å². The van der Waals surface area contributed by atoms with Crippen LogP contribution in [0.15, 0.2) is 71.4 Å². The third kappa shape index (κ3) is 6.34. The molecule has 11 heteroatoms. The Bertz CT molecular complexity index is 1530. The lowest BCUT2D eigenvalue weighted by Crippen LogP contribution is -2.50. The van der Waals surface area contributed by atoms with E-state index in [1.807, 2.05) is 30.3 Å². The van der Waals surface area contributed by atoms with E-state index >= 15 is 0 Å². The number of halogens is 1. The molecule has 3 heterocycles. The number of imidazole rings is 1. The van der Waals surface area contributed by atoms with Crippen molar-refractivity contribution < 1.29 is 23.3 Å². The molecule has 212 valence electrons. The molecule has 1 saturated heterocycles. The molecule has 1 aliphatic heterocycles. The van der Waals surface area contributed by atoms with Crippen LogP contribution in [0.4, 0.5) is 4.39 Å². The number of benzene rings is 2. The Kier molecular flexibility index (Phi) is 8.23. The van der Waals surface area contributed by atoms with E-state index in [2.05, 4.69) is 25.8 Å². The molecule has 0 radical (unpaired) electrons. The first-order valence-corrected chi connectivity index (χ1v) is 13.5. The summed E-state index contributed by atoms with van der Waals surface area (Å²) in [7, 11) is 0. The van der Waals surface area contributed by atoms with Crippen molar-refractivity contribution in [3.8, 4) is 11.3 Å². The second-order valence-electron chi connectivity index (χ2n) is 10.1. The van der Waals surface area contributed by atoms with Gasteiger partial charge in [-0.15, -0.1) is 0 Å². The smallest absolute Gasteiger partial charge is 0.274 e. The standard InChI is InChI=1S/C30H31FN6O4/c1-18-15-24(36-41-18)30(40)35-23(16-27(38)37-14-8-13-26(37)20-9-4-3-5-10-20)29(39)33-19(2)28-32-17-25(34-28)21-11-6-7-12-22(21)31/h3-7,9-12,15,17,19,23,26H,8,13-14,16H2,1-2H3,(H,32,34)(H,33,39)(H,35,40)/t19?,23?,26-/m0/s1. The molecule has 2 unspecified atom stereocenters. The first-order chi connectivity index (χ1) is 19.8. The van der Waals surface area contributed by atoms with Crippen molar-refractivity contribution >= 4 is 17.7 Å². The van der Waals surface area contributed by atoms with Gasteiger partial charge in [-0.2, -0.15) is 0 Å². The minimum atomic E-state index is -1.19. The molecule has 2 aromatic heterocycles. The van der Waals surface area contributed by atoms with E-state index < -0.39 is 29.7 Å². The van der Waals surface area contributed by atoms with Gasteiger partial charge < -0.3 is 25.0 Å². The van der Waals surface area contributed by atoms with E-state index in [-0.39, 0.29) is 24.1 Å². The number of carbonyl (C=O) groups is 3. The third-order valence-electron chi connectivity index (χ3n) is 7.15. The number of rotatable bonds is 9. The average molecular weight is 559 g/mol. The van der Waals surface area contributed by atoms with Crippen LogP contribution < -0.4 is 10.6 Å². The van der Waals surface area contributed by atoms with Crippen LogP contribution in [0.5, 0.6) is 0 Å². The zero-order valence-electron chi connectivity index (χ0n) is 22.8. The summed E-state index contributed by atoms with van der Waals surface area (Å²) in [6.45, 7) is 3.91. The number of nitrogens with one attached hydrogen (secondary N) is 3. The zero-order chi connectivity index (χ0) is 28.9. The van der Waals surface area contributed by atoms with Gasteiger partial charge in [0.1, 0.15) is 23.4 Å². The molecule has 3 N–H and O–H groups in total. The van der Waals surface area contributed by atoms with Crippen molar-refractivity contribution in [3.05, 3.63) is 95.5 Å². The fourth-order valence-corrected chi connectivity index (χ4v) is 5.05. The minimum Gasteiger partial charge on any atom is -0.361 e. The highest BCUT2D eigenvalue weighted by molar-refractivity contribution is 5.97. The Labute approximate surface area is 236 Å². The number of hydrogen-bond acceptors (Lipinski definition) is 6. The lowest BCUT2D eigenvalue weighted by Gasteiger charge is -2.27. The van der Waals surface area contributed by atoms with Crippen LogP contribution in [-0.4, -0.2) is 50.3 Å². The molecule has 41 heavy (non-hydrogen) atoms. The maximum absolute atomic E-state index is 14.2. The predicted octanol–water partition coefficient (Wildman–Crippen LogP) is 4.24. The summed E-state index contributed by atoms with van der Waals surface area (Å²) in [4.78, 5) is 49.0. The van der Waals surface area contributed by atoms with E-state index in [1.54, 1.807) is 36.9 Å². The molecular weight excluding hydrogens is 527 g/mol. The lowest BCUT2D eigenvalue weighted by atomic mass is 10.0. The summed E-state index contributed by atoms with van der Waals surface area (Å²) in [5, 5.41) is 9.19. The highest BCUT2D eigenvalue weighted by Crippen LogP contribution is 2.32. The van der Waals surface area contributed by atoms with E-state index in [9.17, 15) is 18.8 Å². The molecule has 3 amide bonds. The largest absolute Gasteiger partial charge is 0.361 e. The normalized spacial score (nSPS) is 16.3. The number of H-pyrrole nitrogens is 1. The summed E-state index contributed by atoms with van der Waals surface area (Å²) in [6, 6.07) is 15.6. The van der Waals surface area contributed by atoms with Gasteiger partial charge in [-0.1, -0.05) is 47.6 Å². The van der Waals surface area contributed by atoms with Crippen LogP contribution in [0, 0.1) is 12.7 Å². The van der Waals surface area contributed by atoms with Crippen LogP contribution in [-0.2, 0) is 9.59 Å². The number of aromatic nitrogens is 3. The Morgan fingerprint density at radius 2 is 1.88 bits per heavy atom. The number of aryl methyl sites for hydroxylation is 1. The first kappa shape index (κ1) is 27.8. The SMILES string of the molecule is Cc1cc(C(=O)NC(CC(=O)N2CCC[C@H]2c2ccccc2)C(=O)NC(C)c2ncc(-c3ccccc3F)[nH]2)no1. The number of hydrogen-bond donors (Lipinski definition) is 3. The van der Waals surface area contributed by atoms with Gasteiger partial charge in [0.15, 0.2) is 5.69 Å².